The van der Waals surface area contributed by atoms with E-state index in [9.17, 15) is 0 Å². The molecular weight excluding hydrogens is 234 g/mol. The largest absolute Gasteiger partial charge is 0.465 e. The van der Waals surface area contributed by atoms with Gasteiger partial charge in [-0.2, -0.15) is 0 Å². The Hall–Kier alpha value is -1.54. The molecule has 0 bridgehead atoms. The van der Waals surface area contributed by atoms with Crippen molar-refractivity contribution in [3.63, 3.8) is 0 Å². The normalized spacial score (nSPS) is 12.6. The van der Waals surface area contributed by atoms with Gasteiger partial charge in [-0.25, -0.2) is 0 Å². The summed E-state index contributed by atoms with van der Waals surface area (Å²) in [6, 6.07) is 11.0. The van der Waals surface area contributed by atoms with Gasteiger partial charge in [0, 0.05) is 0 Å². The highest BCUT2D eigenvalue weighted by atomic mass is 16.3. The first-order valence-corrected chi connectivity index (χ1v) is 6.96. The summed E-state index contributed by atoms with van der Waals surface area (Å²) >= 11 is 0. The summed E-state index contributed by atoms with van der Waals surface area (Å²) in [6.45, 7) is 9.37. The first-order chi connectivity index (χ1) is 9.10. The molecular formula is C17H23NO. The molecule has 0 spiro atoms. The van der Waals surface area contributed by atoms with E-state index in [0.717, 1.165) is 24.5 Å². The minimum Gasteiger partial charge on any atom is -0.465 e. The van der Waals surface area contributed by atoms with Crippen molar-refractivity contribution in [3.05, 3.63) is 58.5 Å². The van der Waals surface area contributed by atoms with E-state index in [4.69, 9.17) is 4.42 Å². The van der Waals surface area contributed by atoms with Gasteiger partial charge in [0.15, 0.2) is 0 Å². The maximum atomic E-state index is 5.78. The molecule has 0 fully saturated rings. The van der Waals surface area contributed by atoms with Crippen molar-refractivity contribution in [3.8, 4) is 0 Å². The molecule has 1 aromatic carbocycles. The van der Waals surface area contributed by atoms with Crippen molar-refractivity contribution >= 4 is 0 Å². The van der Waals surface area contributed by atoms with Gasteiger partial charge in [-0.1, -0.05) is 30.7 Å². The van der Waals surface area contributed by atoms with E-state index in [1.54, 1.807) is 0 Å². The summed E-state index contributed by atoms with van der Waals surface area (Å²) in [7, 11) is 0. The SMILES string of the molecule is CCNC(Cc1cc(C)ccc1C)c1ccc(C)o1. The molecule has 0 saturated carbocycles. The van der Waals surface area contributed by atoms with Crippen LogP contribution >= 0.6 is 0 Å². The number of nitrogens with one attached hydrogen (secondary N) is 1. The highest BCUT2D eigenvalue weighted by molar-refractivity contribution is 5.32. The molecule has 1 heterocycles. The highest BCUT2D eigenvalue weighted by Crippen LogP contribution is 2.23. The van der Waals surface area contributed by atoms with Crippen molar-refractivity contribution in [2.45, 2.75) is 40.2 Å². The molecule has 0 saturated heterocycles. The Labute approximate surface area is 115 Å². The number of likely N-dealkylation sites (N-methyl/N-ethyl adjacent to an activating group) is 1. The third-order valence-corrected chi connectivity index (χ3v) is 3.48. The number of rotatable bonds is 5. The van der Waals surface area contributed by atoms with E-state index < -0.39 is 0 Å². The number of hydrogen-bond donors (Lipinski definition) is 1. The summed E-state index contributed by atoms with van der Waals surface area (Å²) in [6.07, 6.45) is 0.967. The maximum absolute atomic E-state index is 5.78. The zero-order valence-electron chi connectivity index (χ0n) is 12.3. The van der Waals surface area contributed by atoms with Crippen LogP contribution < -0.4 is 5.32 Å². The van der Waals surface area contributed by atoms with E-state index in [-0.39, 0.29) is 6.04 Å². The average Bonchev–Trinajstić information content (AvgIpc) is 2.80. The fraction of sp³-hybridized carbons (Fsp3) is 0.412. The molecule has 19 heavy (non-hydrogen) atoms. The van der Waals surface area contributed by atoms with E-state index in [1.165, 1.54) is 16.7 Å². The lowest BCUT2D eigenvalue weighted by atomic mass is 9.98. The Balaban J connectivity index is 2.23. The molecule has 0 amide bonds. The Kier molecular flexibility index (Phi) is 4.43. The molecule has 1 N–H and O–H groups in total. The van der Waals surface area contributed by atoms with Crippen LogP contribution in [0.3, 0.4) is 0 Å². The van der Waals surface area contributed by atoms with Crippen LogP contribution in [-0.4, -0.2) is 6.54 Å². The zero-order valence-corrected chi connectivity index (χ0v) is 12.3. The zero-order chi connectivity index (χ0) is 13.8. The second kappa shape index (κ2) is 6.07. The monoisotopic (exact) mass is 257 g/mol. The number of aryl methyl sites for hydroxylation is 3. The van der Waals surface area contributed by atoms with Gasteiger partial charge in [0.2, 0.25) is 0 Å². The third-order valence-electron chi connectivity index (χ3n) is 3.48. The standard InChI is InChI=1S/C17H23NO/c1-5-18-16(17-9-8-14(4)19-17)11-15-10-12(2)6-7-13(15)3/h6-10,16,18H,5,11H2,1-4H3. The van der Waals surface area contributed by atoms with Crippen LogP contribution in [0.1, 0.15) is 41.2 Å². The maximum Gasteiger partial charge on any atom is 0.121 e. The number of hydrogen-bond acceptors (Lipinski definition) is 2. The van der Waals surface area contributed by atoms with E-state index in [2.05, 4.69) is 50.4 Å². The van der Waals surface area contributed by atoms with Gasteiger partial charge in [-0.3, -0.25) is 0 Å². The van der Waals surface area contributed by atoms with Gasteiger partial charge in [0.1, 0.15) is 11.5 Å². The Morgan fingerprint density at radius 3 is 2.53 bits per heavy atom. The van der Waals surface area contributed by atoms with Crippen LogP contribution in [0, 0.1) is 20.8 Å². The summed E-state index contributed by atoms with van der Waals surface area (Å²) in [5.74, 6) is 2.00. The van der Waals surface area contributed by atoms with Crippen LogP contribution in [0.25, 0.3) is 0 Å². The second-order valence-corrected chi connectivity index (χ2v) is 5.19. The highest BCUT2D eigenvalue weighted by Gasteiger charge is 2.15. The van der Waals surface area contributed by atoms with Crippen LogP contribution in [0.2, 0.25) is 0 Å². The lowest BCUT2D eigenvalue weighted by molar-refractivity contribution is 0.403. The molecule has 2 aromatic rings. The molecule has 0 radical (unpaired) electrons. The van der Waals surface area contributed by atoms with Crippen molar-refractivity contribution in [2.75, 3.05) is 6.54 Å². The second-order valence-electron chi connectivity index (χ2n) is 5.19. The van der Waals surface area contributed by atoms with E-state index in [0.29, 0.717) is 0 Å². The van der Waals surface area contributed by atoms with Gasteiger partial charge < -0.3 is 9.73 Å². The lowest BCUT2D eigenvalue weighted by Crippen LogP contribution is -2.22. The molecule has 1 atom stereocenters. The molecule has 0 aliphatic rings. The number of benzene rings is 1. The third kappa shape index (κ3) is 3.48. The van der Waals surface area contributed by atoms with Crippen LogP contribution in [0.15, 0.2) is 34.7 Å². The van der Waals surface area contributed by atoms with Gasteiger partial charge >= 0.3 is 0 Å². The van der Waals surface area contributed by atoms with Crippen molar-refractivity contribution < 1.29 is 4.42 Å². The topological polar surface area (TPSA) is 25.2 Å². The molecule has 2 heteroatoms. The fourth-order valence-electron chi connectivity index (χ4n) is 2.40. The molecule has 2 nitrogen and oxygen atoms in total. The van der Waals surface area contributed by atoms with Crippen LogP contribution in [-0.2, 0) is 6.42 Å². The quantitative estimate of drug-likeness (QED) is 0.872. The lowest BCUT2D eigenvalue weighted by Gasteiger charge is -2.17. The molecule has 1 unspecified atom stereocenters. The first-order valence-electron chi connectivity index (χ1n) is 6.96. The van der Waals surface area contributed by atoms with Gasteiger partial charge in [0.25, 0.3) is 0 Å². The molecule has 1 aromatic heterocycles. The minimum absolute atomic E-state index is 0.249. The van der Waals surface area contributed by atoms with Gasteiger partial charge in [0.05, 0.1) is 6.04 Å². The van der Waals surface area contributed by atoms with Gasteiger partial charge in [-0.05, 0) is 57.0 Å². The van der Waals surface area contributed by atoms with Crippen molar-refractivity contribution in [1.82, 2.24) is 5.32 Å². The summed E-state index contributed by atoms with van der Waals surface area (Å²) in [5.41, 5.74) is 4.04. The summed E-state index contributed by atoms with van der Waals surface area (Å²) < 4.78 is 5.78. The number of furan rings is 1. The molecule has 0 aliphatic carbocycles. The van der Waals surface area contributed by atoms with E-state index >= 15 is 0 Å². The Bertz CT molecular complexity index is 542. The summed E-state index contributed by atoms with van der Waals surface area (Å²) in [5, 5.41) is 3.51. The molecule has 0 aliphatic heterocycles. The van der Waals surface area contributed by atoms with Crippen molar-refractivity contribution in [1.29, 1.82) is 0 Å². The average molecular weight is 257 g/mol. The van der Waals surface area contributed by atoms with E-state index in [1.807, 2.05) is 13.0 Å². The minimum atomic E-state index is 0.249. The molecule has 2 rings (SSSR count). The summed E-state index contributed by atoms with van der Waals surface area (Å²) in [4.78, 5) is 0. The van der Waals surface area contributed by atoms with Crippen molar-refractivity contribution in [2.24, 2.45) is 0 Å². The predicted octanol–water partition coefficient (Wildman–Crippen LogP) is 4.10. The predicted molar refractivity (Wildman–Crippen MR) is 79.5 cm³/mol. The van der Waals surface area contributed by atoms with Gasteiger partial charge in [-0.15, -0.1) is 0 Å². The Morgan fingerprint density at radius 1 is 1.11 bits per heavy atom. The smallest absolute Gasteiger partial charge is 0.121 e. The van der Waals surface area contributed by atoms with Crippen LogP contribution in [0.4, 0.5) is 0 Å². The first kappa shape index (κ1) is 13.9. The molecule has 102 valence electrons. The fourth-order valence-corrected chi connectivity index (χ4v) is 2.40. The van der Waals surface area contributed by atoms with Crippen LogP contribution in [0.5, 0.6) is 0 Å². The Morgan fingerprint density at radius 2 is 1.89 bits per heavy atom.